The van der Waals surface area contributed by atoms with E-state index in [-0.39, 0.29) is 5.82 Å². The summed E-state index contributed by atoms with van der Waals surface area (Å²) in [6.45, 7) is 1.16. The minimum atomic E-state index is -4.59. The molecule has 0 bridgehead atoms. The van der Waals surface area contributed by atoms with Crippen molar-refractivity contribution in [1.82, 2.24) is 4.90 Å². The molecule has 1 atom stereocenters. The fourth-order valence-corrected chi connectivity index (χ4v) is 2.23. The van der Waals surface area contributed by atoms with Crippen LogP contribution >= 0.6 is 0 Å². The monoisotopic (exact) mass is 292 g/mol. The molecule has 1 aromatic rings. The molecule has 1 aromatic carbocycles. The molecule has 0 unspecified atom stereocenters. The zero-order valence-electron chi connectivity index (χ0n) is 10.8. The lowest BCUT2D eigenvalue weighted by Crippen LogP contribution is -2.51. The Morgan fingerprint density at radius 1 is 1.10 bits per heavy atom. The highest BCUT2D eigenvalue weighted by Gasteiger charge is 2.39. The van der Waals surface area contributed by atoms with E-state index in [1.54, 1.807) is 23.1 Å². The van der Waals surface area contributed by atoms with Crippen molar-refractivity contribution in [1.29, 1.82) is 0 Å². The number of piperazine rings is 1. The van der Waals surface area contributed by atoms with E-state index in [0.29, 0.717) is 31.9 Å². The third kappa shape index (κ3) is 3.61. The van der Waals surface area contributed by atoms with Gasteiger partial charge in [-0.25, -0.2) is 4.39 Å². The van der Waals surface area contributed by atoms with Crippen LogP contribution in [0.3, 0.4) is 0 Å². The smallest absolute Gasteiger partial charge is 0.382 e. The number of nitrogens with zero attached hydrogens (tertiary/aromatic N) is 2. The summed E-state index contributed by atoms with van der Waals surface area (Å²) < 4.78 is 50.4. The second-order valence-corrected chi connectivity index (χ2v) is 4.80. The van der Waals surface area contributed by atoms with Crippen LogP contribution in [0.2, 0.25) is 0 Å². The van der Waals surface area contributed by atoms with Crippen LogP contribution < -0.4 is 4.90 Å². The van der Waals surface area contributed by atoms with Crippen LogP contribution in [0.15, 0.2) is 24.3 Å². The number of aliphatic hydroxyl groups excluding tert-OH is 1. The summed E-state index contributed by atoms with van der Waals surface area (Å²) in [7, 11) is 0. The van der Waals surface area contributed by atoms with Gasteiger partial charge in [0.1, 0.15) is 5.82 Å². The standard InChI is InChI=1S/C13H16F4N2O/c14-10-3-1-2-4-11(10)19-7-5-18(6-8-19)9-12(20)13(15,16)17/h1-4,12,20H,5-9H2/t12-/m1/s1. The van der Waals surface area contributed by atoms with Gasteiger partial charge < -0.3 is 10.0 Å². The van der Waals surface area contributed by atoms with Crippen molar-refractivity contribution in [2.45, 2.75) is 12.3 Å². The predicted molar refractivity (Wildman–Crippen MR) is 67.1 cm³/mol. The van der Waals surface area contributed by atoms with Gasteiger partial charge in [0, 0.05) is 32.7 Å². The molecule has 1 saturated heterocycles. The van der Waals surface area contributed by atoms with Gasteiger partial charge in [0.25, 0.3) is 0 Å². The normalized spacial score (nSPS) is 19.1. The van der Waals surface area contributed by atoms with Gasteiger partial charge in [-0.15, -0.1) is 0 Å². The predicted octanol–water partition coefficient (Wildman–Crippen LogP) is 1.87. The van der Waals surface area contributed by atoms with Gasteiger partial charge in [0.05, 0.1) is 5.69 Å². The molecular weight excluding hydrogens is 276 g/mol. The Morgan fingerprint density at radius 3 is 2.25 bits per heavy atom. The maximum Gasteiger partial charge on any atom is 0.415 e. The van der Waals surface area contributed by atoms with E-state index >= 15 is 0 Å². The summed E-state index contributed by atoms with van der Waals surface area (Å²) in [5, 5.41) is 9.02. The number of halogens is 4. The number of anilines is 1. The van der Waals surface area contributed by atoms with E-state index in [1.165, 1.54) is 11.0 Å². The van der Waals surface area contributed by atoms with Gasteiger partial charge in [-0.3, -0.25) is 4.90 Å². The Bertz CT molecular complexity index is 444. The topological polar surface area (TPSA) is 26.7 Å². The van der Waals surface area contributed by atoms with E-state index in [4.69, 9.17) is 5.11 Å². The summed E-state index contributed by atoms with van der Waals surface area (Å²) in [6.07, 6.45) is -6.93. The Balaban J connectivity index is 1.88. The Hall–Kier alpha value is -1.34. The number of aliphatic hydroxyl groups is 1. The van der Waals surface area contributed by atoms with Gasteiger partial charge in [0.15, 0.2) is 6.10 Å². The third-order valence-electron chi connectivity index (χ3n) is 3.37. The van der Waals surface area contributed by atoms with Gasteiger partial charge in [-0.2, -0.15) is 13.2 Å². The molecule has 1 fully saturated rings. The zero-order chi connectivity index (χ0) is 14.8. The van der Waals surface area contributed by atoms with E-state index in [1.807, 2.05) is 0 Å². The van der Waals surface area contributed by atoms with Crippen molar-refractivity contribution < 1.29 is 22.7 Å². The Labute approximate surface area is 114 Å². The Morgan fingerprint density at radius 2 is 1.70 bits per heavy atom. The SMILES string of the molecule is O[C@H](CN1CCN(c2ccccc2F)CC1)C(F)(F)F. The largest absolute Gasteiger partial charge is 0.415 e. The van der Waals surface area contributed by atoms with E-state index in [0.717, 1.165) is 0 Å². The number of hydrogen-bond donors (Lipinski definition) is 1. The van der Waals surface area contributed by atoms with Crippen LogP contribution in [0, 0.1) is 5.82 Å². The van der Waals surface area contributed by atoms with Crippen LogP contribution in [0.25, 0.3) is 0 Å². The molecule has 0 saturated carbocycles. The summed E-state index contributed by atoms with van der Waals surface area (Å²) in [4.78, 5) is 3.33. The number of para-hydroxylation sites is 1. The minimum absolute atomic E-state index is 0.337. The van der Waals surface area contributed by atoms with Crippen LogP contribution in [-0.4, -0.2) is 55.0 Å². The first kappa shape index (κ1) is 15.1. The van der Waals surface area contributed by atoms with Gasteiger partial charge in [-0.05, 0) is 12.1 Å². The molecule has 0 radical (unpaired) electrons. The van der Waals surface area contributed by atoms with Gasteiger partial charge in [-0.1, -0.05) is 12.1 Å². The van der Waals surface area contributed by atoms with E-state index in [9.17, 15) is 17.6 Å². The molecule has 1 heterocycles. The fourth-order valence-electron chi connectivity index (χ4n) is 2.23. The zero-order valence-corrected chi connectivity index (χ0v) is 10.8. The molecule has 1 aliphatic rings. The minimum Gasteiger partial charge on any atom is -0.382 e. The third-order valence-corrected chi connectivity index (χ3v) is 3.37. The quantitative estimate of drug-likeness (QED) is 0.862. The first-order valence-corrected chi connectivity index (χ1v) is 6.34. The van der Waals surface area contributed by atoms with Crippen molar-refractivity contribution in [3.05, 3.63) is 30.1 Å². The van der Waals surface area contributed by atoms with Crippen molar-refractivity contribution in [2.24, 2.45) is 0 Å². The lowest BCUT2D eigenvalue weighted by atomic mass is 10.2. The van der Waals surface area contributed by atoms with Gasteiger partial charge in [0.2, 0.25) is 0 Å². The highest BCUT2D eigenvalue weighted by Crippen LogP contribution is 2.23. The van der Waals surface area contributed by atoms with Gasteiger partial charge >= 0.3 is 6.18 Å². The molecule has 0 aromatic heterocycles. The molecule has 3 nitrogen and oxygen atoms in total. The summed E-state index contributed by atoms with van der Waals surface area (Å²) >= 11 is 0. The highest BCUT2D eigenvalue weighted by atomic mass is 19.4. The average molecular weight is 292 g/mol. The first-order valence-electron chi connectivity index (χ1n) is 6.34. The van der Waals surface area contributed by atoms with Crippen LogP contribution in [0.5, 0.6) is 0 Å². The Kier molecular flexibility index (Phi) is 4.49. The van der Waals surface area contributed by atoms with Crippen molar-refractivity contribution >= 4 is 5.69 Å². The van der Waals surface area contributed by atoms with Crippen LogP contribution in [0.1, 0.15) is 0 Å². The number of alkyl halides is 3. The molecular formula is C13H16F4N2O. The number of β-amino-alcohol motifs (C(OH)–C–C–N with tert-alkyl or cyclic N) is 1. The average Bonchev–Trinajstić information content (AvgIpc) is 2.39. The molecule has 20 heavy (non-hydrogen) atoms. The molecule has 2 rings (SSSR count). The maximum atomic E-state index is 13.6. The van der Waals surface area contributed by atoms with Crippen molar-refractivity contribution in [2.75, 3.05) is 37.6 Å². The van der Waals surface area contributed by atoms with E-state index < -0.39 is 18.8 Å². The number of benzene rings is 1. The number of hydrogen-bond acceptors (Lipinski definition) is 3. The molecule has 112 valence electrons. The maximum absolute atomic E-state index is 13.6. The van der Waals surface area contributed by atoms with Crippen molar-refractivity contribution in [3.63, 3.8) is 0 Å². The van der Waals surface area contributed by atoms with E-state index in [2.05, 4.69) is 0 Å². The lowest BCUT2D eigenvalue weighted by Gasteiger charge is -2.37. The molecule has 0 spiro atoms. The fraction of sp³-hybridized carbons (Fsp3) is 0.538. The molecule has 1 N–H and O–H groups in total. The van der Waals surface area contributed by atoms with Crippen molar-refractivity contribution in [3.8, 4) is 0 Å². The second kappa shape index (κ2) is 5.97. The lowest BCUT2D eigenvalue weighted by molar-refractivity contribution is -0.208. The van der Waals surface area contributed by atoms with Crippen LogP contribution in [0.4, 0.5) is 23.2 Å². The number of rotatable bonds is 3. The summed E-state index contributed by atoms with van der Waals surface area (Å²) in [5.41, 5.74) is 0.462. The molecule has 1 aliphatic heterocycles. The molecule has 7 heteroatoms. The van der Waals surface area contributed by atoms with Crippen LogP contribution in [-0.2, 0) is 0 Å². The molecule has 0 aliphatic carbocycles. The second-order valence-electron chi connectivity index (χ2n) is 4.80. The summed E-state index contributed by atoms with van der Waals surface area (Å²) in [6, 6.07) is 6.32. The summed E-state index contributed by atoms with van der Waals surface area (Å²) in [5.74, 6) is -0.337. The molecule has 0 amide bonds. The first-order chi connectivity index (χ1) is 9.38. The highest BCUT2D eigenvalue weighted by molar-refractivity contribution is 5.47.